The van der Waals surface area contributed by atoms with E-state index in [0.717, 1.165) is 22.6 Å². The second kappa shape index (κ2) is 5.49. The Morgan fingerprint density at radius 1 is 1.22 bits per heavy atom. The second-order valence-electron chi connectivity index (χ2n) is 5.72. The van der Waals surface area contributed by atoms with Crippen molar-refractivity contribution in [3.05, 3.63) is 45.7 Å². The lowest BCUT2D eigenvalue weighted by Crippen LogP contribution is -2.24. The van der Waals surface area contributed by atoms with E-state index in [1.54, 1.807) is 4.52 Å². The number of hydrogen-bond acceptors (Lipinski definition) is 5. The summed E-state index contributed by atoms with van der Waals surface area (Å²) >= 11 is 0. The standard InChI is InChI=1S/C16H19N5O2/c1-8-6-9(2)21-15(18-8)14(11(4)19-21)16(22)17-7-13-10(3)20-23-12(13)5/h6H,7H2,1-5H3,(H,17,22). The summed E-state index contributed by atoms with van der Waals surface area (Å²) in [6, 6.07) is 1.94. The van der Waals surface area contributed by atoms with Crippen molar-refractivity contribution in [1.82, 2.24) is 25.1 Å². The predicted molar refractivity (Wildman–Crippen MR) is 84.3 cm³/mol. The third-order valence-electron chi connectivity index (χ3n) is 3.90. The molecule has 7 nitrogen and oxygen atoms in total. The van der Waals surface area contributed by atoms with E-state index in [-0.39, 0.29) is 5.91 Å². The first-order valence-corrected chi connectivity index (χ1v) is 7.42. The van der Waals surface area contributed by atoms with Crippen molar-refractivity contribution >= 4 is 11.6 Å². The molecule has 0 aliphatic heterocycles. The van der Waals surface area contributed by atoms with Gasteiger partial charge < -0.3 is 9.84 Å². The maximum Gasteiger partial charge on any atom is 0.257 e. The number of carbonyl (C=O) groups excluding carboxylic acids is 1. The second-order valence-corrected chi connectivity index (χ2v) is 5.72. The molecule has 3 aromatic rings. The van der Waals surface area contributed by atoms with Crippen LogP contribution in [0.15, 0.2) is 10.6 Å². The number of aryl methyl sites for hydroxylation is 5. The molecule has 0 saturated heterocycles. The molecule has 0 bridgehead atoms. The van der Waals surface area contributed by atoms with Gasteiger partial charge in [-0.1, -0.05) is 5.16 Å². The van der Waals surface area contributed by atoms with E-state index >= 15 is 0 Å². The average molecular weight is 313 g/mol. The Hall–Kier alpha value is -2.70. The normalized spacial score (nSPS) is 11.2. The van der Waals surface area contributed by atoms with Gasteiger partial charge in [0.1, 0.15) is 11.3 Å². The van der Waals surface area contributed by atoms with Gasteiger partial charge in [-0.2, -0.15) is 5.10 Å². The number of aromatic nitrogens is 4. The lowest BCUT2D eigenvalue weighted by Gasteiger charge is -2.05. The number of nitrogens with zero attached hydrogens (tertiary/aromatic N) is 4. The van der Waals surface area contributed by atoms with Crippen molar-refractivity contribution in [3.8, 4) is 0 Å². The molecular formula is C16H19N5O2. The van der Waals surface area contributed by atoms with Crippen molar-refractivity contribution in [1.29, 1.82) is 0 Å². The Morgan fingerprint density at radius 3 is 2.61 bits per heavy atom. The highest BCUT2D eigenvalue weighted by Crippen LogP contribution is 2.17. The summed E-state index contributed by atoms with van der Waals surface area (Å²) in [4.78, 5) is 17.1. The lowest BCUT2D eigenvalue weighted by atomic mass is 10.2. The number of amides is 1. The largest absolute Gasteiger partial charge is 0.361 e. The summed E-state index contributed by atoms with van der Waals surface area (Å²) in [7, 11) is 0. The molecule has 0 aromatic carbocycles. The van der Waals surface area contributed by atoms with Gasteiger partial charge in [0.25, 0.3) is 5.91 Å². The third-order valence-corrected chi connectivity index (χ3v) is 3.90. The van der Waals surface area contributed by atoms with E-state index in [1.165, 1.54) is 0 Å². The van der Waals surface area contributed by atoms with Gasteiger partial charge in [-0.25, -0.2) is 9.50 Å². The topological polar surface area (TPSA) is 85.3 Å². The Balaban J connectivity index is 1.94. The molecular weight excluding hydrogens is 294 g/mol. The van der Waals surface area contributed by atoms with E-state index in [1.807, 2.05) is 40.7 Å². The highest BCUT2D eigenvalue weighted by molar-refractivity contribution is 6.01. The van der Waals surface area contributed by atoms with Crippen LogP contribution in [0.2, 0.25) is 0 Å². The van der Waals surface area contributed by atoms with Gasteiger partial charge in [-0.05, 0) is 40.7 Å². The molecule has 0 unspecified atom stereocenters. The SMILES string of the molecule is Cc1cc(C)n2nc(C)c(C(=O)NCc3c(C)noc3C)c2n1. The molecule has 0 spiro atoms. The summed E-state index contributed by atoms with van der Waals surface area (Å²) in [6.45, 7) is 9.71. The van der Waals surface area contributed by atoms with Crippen LogP contribution in [0.1, 0.15) is 44.5 Å². The van der Waals surface area contributed by atoms with E-state index in [4.69, 9.17) is 4.52 Å². The zero-order chi connectivity index (χ0) is 16.7. The van der Waals surface area contributed by atoms with Crippen LogP contribution < -0.4 is 5.32 Å². The summed E-state index contributed by atoms with van der Waals surface area (Å²) in [5.74, 6) is 0.513. The first-order chi connectivity index (χ1) is 10.9. The highest BCUT2D eigenvalue weighted by Gasteiger charge is 2.20. The molecule has 3 aromatic heterocycles. The average Bonchev–Trinajstić information content (AvgIpc) is 2.97. The maximum absolute atomic E-state index is 12.6. The maximum atomic E-state index is 12.6. The molecule has 0 aliphatic carbocycles. The van der Waals surface area contributed by atoms with E-state index in [0.29, 0.717) is 29.2 Å². The van der Waals surface area contributed by atoms with E-state index in [9.17, 15) is 4.79 Å². The van der Waals surface area contributed by atoms with Crippen LogP contribution in [0.5, 0.6) is 0 Å². The lowest BCUT2D eigenvalue weighted by molar-refractivity contribution is 0.0951. The minimum absolute atomic E-state index is 0.199. The van der Waals surface area contributed by atoms with Gasteiger partial charge in [0.2, 0.25) is 0 Å². The summed E-state index contributed by atoms with van der Waals surface area (Å²) in [6.07, 6.45) is 0. The molecule has 1 amide bonds. The molecule has 1 N–H and O–H groups in total. The number of carbonyl (C=O) groups is 1. The van der Waals surface area contributed by atoms with Crippen molar-refractivity contribution in [3.63, 3.8) is 0 Å². The first kappa shape index (κ1) is 15.2. The predicted octanol–water partition coefficient (Wildman–Crippen LogP) is 2.19. The Kier molecular flexibility index (Phi) is 3.63. The fourth-order valence-electron chi connectivity index (χ4n) is 2.70. The summed E-state index contributed by atoms with van der Waals surface area (Å²) < 4.78 is 6.82. The van der Waals surface area contributed by atoms with Gasteiger partial charge >= 0.3 is 0 Å². The summed E-state index contributed by atoms with van der Waals surface area (Å²) in [5.41, 5.74) is 5.22. The molecule has 3 rings (SSSR count). The van der Waals surface area contributed by atoms with Crippen molar-refractivity contribution < 1.29 is 9.32 Å². The zero-order valence-electron chi connectivity index (χ0n) is 13.9. The molecule has 0 fully saturated rings. The fourth-order valence-corrected chi connectivity index (χ4v) is 2.70. The Bertz CT molecular complexity index is 887. The number of rotatable bonds is 3. The van der Waals surface area contributed by atoms with Crippen molar-refractivity contribution in [2.75, 3.05) is 0 Å². The Labute approximate surface area is 133 Å². The third kappa shape index (κ3) is 2.58. The molecule has 0 saturated carbocycles. The van der Waals surface area contributed by atoms with E-state index < -0.39 is 0 Å². The monoisotopic (exact) mass is 313 g/mol. The van der Waals surface area contributed by atoms with Crippen LogP contribution in [-0.2, 0) is 6.54 Å². The fraction of sp³-hybridized carbons (Fsp3) is 0.375. The van der Waals surface area contributed by atoms with Crippen LogP contribution in [-0.4, -0.2) is 25.7 Å². The summed E-state index contributed by atoms with van der Waals surface area (Å²) in [5, 5.41) is 11.2. The van der Waals surface area contributed by atoms with Gasteiger partial charge in [0.15, 0.2) is 5.65 Å². The Morgan fingerprint density at radius 2 is 1.96 bits per heavy atom. The van der Waals surface area contributed by atoms with Gasteiger partial charge in [-0.15, -0.1) is 0 Å². The van der Waals surface area contributed by atoms with Gasteiger partial charge in [-0.3, -0.25) is 4.79 Å². The smallest absolute Gasteiger partial charge is 0.257 e. The highest BCUT2D eigenvalue weighted by atomic mass is 16.5. The molecule has 3 heterocycles. The number of hydrogen-bond donors (Lipinski definition) is 1. The molecule has 0 radical (unpaired) electrons. The number of nitrogens with one attached hydrogen (secondary N) is 1. The van der Waals surface area contributed by atoms with Crippen LogP contribution in [0, 0.1) is 34.6 Å². The minimum Gasteiger partial charge on any atom is -0.361 e. The van der Waals surface area contributed by atoms with Gasteiger partial charge in [0, 0.05) is 23.5 Å². The zero-order valence-corrected chi connectivity index (χ0v) is 13.9. The first-order valence-electron chi connectivity index (χ1n) is 7.42. The quantitative estimate of drug-likeness (QED) is 0.801. The van der Waals surface area contributed by atoms with Crippen LogP contribution in [0.25, 0.3) is 5.65 Å². The van der Waals surface area contributed by atoms with Crippen LogP contribution >= 0.6 is 0 Å². The molecule has 7 heteroatoms. The van der Waals surface area contributed by atoms with Crippen LogP contribution in [0.4, 0.5) is 0 Å². The van der Waals surface area contributed by atoms with E-state index in [2.05, 4.69) is 20.6 Å². The molecule has 0 aliphatic rings. The van der Waals surface area contributed by atoms with Crippen molar-refractivity contribution in [2.24, 2.45) is 0 Å². The molecule has 23 heavy (non-hydrogen) atoms. The molecule has 120 valence electrons. The van der Waals surface area contributed by atoms with Gasteiger partial charge in [0.05, 0.1) is 11.4 Å². The minimum atomic E-state index is -0.199. The van der Waals surface area contributed by atoms with Crippen molar-refractivity contribution in [2.45, 2.75) is 41.2 Å². The molecule has 0 atom stereocenters. The van der Waals surface area contributed by atoms with Crippen LogP contribution in [0.3, 0.4) is 0 Å². The number of fused-ring (bicyclic) bond motifs is 1.